The van der Waals surface area contributed by atoms with Gasteiger partial charge in [0.05, 0.1) is 24.0 Å². The van der Waals surface area contributed by atoms with Crippen LogP contribution in [-0.4, -0.2) is 18.2 Å². The molecular weight excluding hydrogens is 278 g/mol. The van der Waals surface area contributed by atoms with E-state index in [1.807, 2.05) is 25.1 Å². The van der Waals surface area contributed by atoms with Gasteiger partial charge in [-0.15, -0.1) is 0 Å². The molecule has 0 aliphatic carbocycles. The van der Waals surface area contributed by atoms with E-state index < -0.39 is 5.97 Å². The number of nitrogens with one attached hydrogen (secondary N) is 1. The van der Waals surface area contributed by atoms with Crippen LogP contribution in [0.2, 0.25) is 5.02 Å². The highest BCUT2D eigenvalue weighted by Gasteiger charge is 2.12. The monoisotopic (exact) mass is 291 g/mol. The van der Waals surface area contributed by atoms with Gasteiger partial charge < -0.3 is 15.2 Å². The molecule has 0 aliphatic heterocycles. The maximum atomic E-state index is 11.2. The number of rotatable bonds is 4. The lowest BCUT2D eigenvalue weighted by atomic mass is 10.1. The maximum Gasteiger partial charge on any atom is 0.337 e. The average Bonchev–Trinajstić information content (AvgIpc) is 2.42. The lowest BCUT2D eigenvalue weighted by Gasteiger charge is -2.13. The molecule has 0 atom stereocenters. The molecule has 4 nitrogen and oxygen atoms in total. The molecule has 2 rings (SSSR count). The van der Waals surface area contributed by atoms with Gasteiger partial charge in [0.2, 0.25) is 0 Å². The van der Waals surface area contributed by atoms with Crippen molar-refractivity contribution < 1.29 is 14.6 Å². The standard InChI is InChI=1S/C15H14ClNO3/c1-9-3-5-13(14(7-9)20-2)17-12-6-4-10(16)8-11(12)15(18)19/h3-8,17H,1-2H3,(H,18,19). The molecule has 0 unspecified atom stereocenters. The summed E-state index contributed by atoms with van der Waals surface area (Å²) in [6.45, 7) is 1.96. The second-order valence-corrected chi connectivity index (χ2v) is 4.76. The summed E-state index contributed by atoms with van der Waals surface area (Å²) < 4.78 is 5.29. The third kappa shape index (κ3) is 3.03. The maximum absolute atomic E-state index is 11.2. The van der Waals surface area contributed by atoms with E-state index in [9.17, 15) is 9.90 Å². The molecule has 2 aromatic carbocycles. The Morgan fingerprint density at radius 3 is 2.55 bits per heavy atom. The van der Waals surface area contributed by atoms with E-state index in [-0.39, 0.29) is 5.56 Å². The Hall–Kier alpha value is -2.20. The Bertz CT molecular complexity index is 656. The van der Waals surface area contributed by atoms with Gasteiger partial charge >= 0.3 is 5.97 Å². The first-order chi connectivity index (χ1) is 9.51. The molecule has 0 amide bonds. The van der Waals surface area contributed by atoms with Crippen molar-refractivity contribution >= 4 is 28.9 Å². The summed E-state index contributed by atoms with van der Waals surface area (Å²) in [4.78, 5) is 11.2. The van der Waals surface area contributed by atoms with Gasteiger partial charge in [0.15, 0.2) is 0 Å². The molecule has 20 heavy (non-hydrogen) atoms. The highest BCUT2D eigenvalue weighted by molar-refractivity contribution is 6.31. The summed E-state index contributed by atoms with van der Waals surface area (Å²) in [5.74, 6) is -0.391. The third-order valence-corrected chi connectivity index (χ3v) is 3.07. The number of carboxylic acid groups (broad SMARTS) is 1. The van der Waals surface area contributed by atoms with Crippen molar-refractivity contribution in [1.82, 2.24) is 0 Å². The van der Waals surface area contributed by atoms with Crippen LogP contribution < -0.4 is 10.1 Å². The fraction of sp³-hybridized carbons (Fsp3) is 0.133. The van der Waals surface area contributed by atoms with Crippen LogP contribution in [0.15, 0.2) is 36.4 Å². The molecule has 0 aromatic heterocycles. The Morgan fingerprint density at radius 1 is 1.20 bits per heavy atom. The van der Waals surface area contributed by atoms with E-state index in [0.717, 1.165) is 5.56 Å². The van der Waals surface area contributed by atoms with Crippen LogP contribution in [0.1, 0.15) is 15.9 Å². The molecule has 0 spiro atoms. The minimum Gasteiger partial charge on any atom is -0.495 e. The second kappa shape index (κ2) is 5.84. The summed E-state index contributed by atoms with van der Waals surface area (Å²) in [6, 6.07) is 10.3. The quantitative estimate of drug-likeness (QED) is 0.890. The minimum atomic E-state index is -1.04. The Labute approximate surface area is 122 Å². The molecule has 0 saturated carbocycles. The first kappa shape index (κ1) is 14.2. The van der Waals surface area contributed by atoms with Crippen LogP contribution in [0.5, 0.6) is 5.75 Å². The third-order valence-electron chi connectivity index (χ3n) is 2.84. The van der Waals surface area contributed by atoms with E-state index in [2.05, 4.69) is 5.32 Å². The Morgan fingerprint density at radius 2 is 1.90 bits per heavy atom. The smallest absolute Gasteiger partial charge is 0.337 e. The molecule has 0 aliphatic rings. The summed E-state index contributed by atoms with van der Waals surface area (Å²) in [7, 11) is 1.57. The van der Waals surface area contributed by atoms with Gasteiger partial charge in [0.25, 0.3) is 0 Å². The fourth-order valence-electron chi connectivity index (χ4n) is 1.85. The number of ether oxygens (including phenoxy) is 1. The lowest BCUT2D eigenvalue weighted by Crippen LogP contribution is -2.03. The first-order valence-electron chi connectivity index (χ1n) is 5.96. The van der Waals surface area contributed by atoms with Crippen molar-refractivity contribution in [2.24, 2.45) is 0 Å². The minimum absolute atomic E-state index is 0.111. The SMILES string of the molecule is COc1cc(C)ccc1Nc1ccc(Cl)cc1C(=O)O. The largest absolute Gasteiger partial charge is 0.495 e. The van der Waals surface area contributed by atoms with Gasteiger partial charge in [-0.25, -0.2) is 4.79 Å². The molecule has 0 radical (unpaired) electrons. The van der Waals surface area contributed by atoms with Crippen LogP contribution in [0.3, 0.4) is 0 Å². The molecule has 5 heteroatoms. The number of anilines is 2. The van der Waals surface area contributed by atoms with Gasteiger partial charge in [-0.3, -0.25) is 0 Å². The normalized spacial score (nSPS) is 10.2. The van der Waals surface area contributed by atoms with Crippen molar-refractivity contribution in [3.05, 3.63) is 52.5 Å². The van der Waals surface area contributed by atoms with E-state index in [1.165, 1.54) is 6.07 Å². The number of methoxy groups -OCH3 is 1. The number of halogens is 1. The first-order valence-corrected chi connectivity index (χ1v) is 6.33. The van der Waals surface area contributed by atoms with Crippen molar-refractivity contribution in [2.75, 3.05) is 12.4 Å². The zero-order valence-electron chi connectivity index (χ0n) is 11.1. The van der Waals surface area contributed by atoms with Crippen LogP contribution in [0.25, 0.3) is 0 Å². The molecule has 104 valence electrons. The zero-order chi connectivity index (χ0) is 14.7. The number of aryl methyl sites for hydroxylation is 1. The van der Waals surface area contributed by atoms with Crippen molar-refractivity contribution in [1.29, 1.82) is 0 Å². The van der Waals surface area contributed by atoms with Gasteiger partial charge in [-0.1, -0.05) is 17.7 Å². The van der Waals surface area contributed by atoms with Crippen molar-refractivity contribution in [3.63, 3.8) is 0 Å². The van der Waals surface area contributed by atoms with Crippen LogP contribution in [-0.2, 0) is 0 Å². The number of carboxylic acids is 1. The summed E-state index contributed by atoms with van der Waals surface area (Å²) >= 11 is 5.83. The number of carbonyl (C=O) groups is 1. The van der Waals surface area contributed by atoms with E-state index in [4.69, 9.17) is 16.3 Å². The summed E-state index contributed by atoms with van der Waals surface area (Å²) in [6.07, 6.45) is 0. The Kier molecular flexibility index (Phi) is 4.15. The number of aromatic carboxylic acids is 1. The van der Waals surface area contributed by atoms with E-state index in [1.54, 1.807) is 19.2 Å². The number of hydrogen-bond donors (Lipinski definition) is 2. The van der Waals surface area contributed by atoms with Crippen LogP contribution in [0, 0.1) is 6.92 Å². The van der Waals surface area contributed by atoms with Gasteiger partial charge in [0, 0.05) is 5.02 Å². The molecule has 0 bridgehead atoms. The lowest BCUT2D eigenvalue weighted by molar-refractivity contribution is 0.0698. The number of benzene rings is 2. The topological polar surface area (TPSA) is 58.6 Å². The summed E-state index contributed by atoms with van der Waals surface area (Å²) in [5.41, 5.74) is 2.33. The van der Waals surface area contributed by atoms with E-state index in [0.29, 0.717) is 22.1 Å². The van der Waals surface area contributed by atoms with Crippen LogP contribution in [0.4, 0.5) is 11.4 Å². The van der Waals surface area contributed by atoms with Crippen LogP contribution >= 0.6 is 11.6 Å². The number of hydrogen-bond acceptors (Lipinski definition) is 3. The molecule has 0 heterocycles. The molecule has 2 aromatic rings. The van der Waals surface area contributed by atoms with Gasteiger partial charge in [-0.05, 0) is 42.8 Å². The predicted octanol–water partition coefficient (Wildman–Crippen LogP) is 4.10. The molecule has 0 saturated heterocycles. The fourth-order valence-corrected chi connectivity index (χ4v) is 2.02. The molecule has 2 N–H and O–H groups in total. The Balaban J connectivity index is 2.42. The highest BCUT2D eigenvalue weighted by Crippen LogP contribution is 2.31. The molecular formula is C15H14ClNO3. The van der Waals surface area contributed by atoms with E-state index >= 15 is 0 Å². The average molecular weight is 292 g/mol. The predicted molar refractivity (Wildman–Crippen MR) is 79.4 cm³/mol. The van der Waals surface area contributed by atoms with Gasteiger partial charge in [-0.2, -0.15) is 0 Å². The highest BCUT2D eigenvalue weighted by atomic mass is 35.5. The summed E-state index contributed by atoms with van der Waals surface area (Å²) in [5, 5.41) is 12.7. The van der Waals surface area contributed by atoms with Crippen molar-refractivity contribution in [3.8, 4) is 5.75 Å². The van der Waals surface area contributed by atoms with Gasteiger partial charge in [0.1, 0.15) is 5.75 Å². The van der Waals surface area contributed by atoms with Crippen molar-refractivity contribution in [2.45, 2.75) is 6.92 Å². The second-order valence-electron chi connectivity index (χ2n) is 4.32. The molecule has 0 fully saturated rings. The zero-order valence-corrected chi connectivity index (χ0v) is 11.9.